The van der Waals surface area contributed by atoms with Gasteiger partial charge in [0.25, 0.3) is 0 Å². The molecule has 1 aliphatic heterocycles. The standard InChI is InChI=1S/C11H19NO2/c1-2-4-10(12)5-3-7-14-11-6-8-13-9-11/h2-3,5,10-11H,1,4,6-9,12H2/b5-3-. The smallest absolute Gasteiger partial charge is 0.0834 e. The first kappa shape index (κ1) is 11.4. The van der Waals surface area contributed by atoms with E-state index in [1.807, 2.05) is 18.2 Å². The molecule has 0 saturated carbocycles. The highest BCUT2D eigenvalue weighted by atomic mass is 16.5. The monoisotopic (exact) mass is 197 g/mol. The third kappa shape index (κ3) is 4.56. The molecule has 1 fully saturated rings. The van der Waals surface area contributed by atoms with E-state index in [0.717, 1.165) is 26.1 Å². The number of rotatable bonds is 6. The van der Waals surface area contributed by atoms with Crippen molar-refractivity contribution in [1.82, 2.24) is 0 Å². The molecule has 2 unspecified atom stereocenters. The van der Waals surface area contributed by atoms with Gasteiger partial charge in [-0.2, -0.15) is 0 Å². The Kier molecular flexibility index (Phi) is 5.52. The maximum Gasteiger partial charge on any atom is 0.0834 e. The molecular formula is C11H19NO2. The number of ether oxygens (including phenoxy) is 2. The molecule has 0 spiro atoms. The minimum Gasteiger partial charge on any atom is -0.379 e. The van der Waals surface area contributed by atoms with Gasteiger partial charge in [0.15, 0.2) is 0 Å². The van der Waals surface area contributed by atoms with Gasteiger partial charge < -0.3 is 15.2 Å². The number of hydrogen-bond acceptors (Lipinski definition) is 3. The van der Waals surface area contributed by atoms with Crippen molar-refractivity contribution in [2.24, 2.45) is 5.73 Å². The fourth-order valence-corrected chi connectivity index (χ4v) is 1.34. The molecule has 1 rings (SSSR count). The van der Waals surface area contributed by atoms with E-state index in [2.05, 4.69) is 6.58 Å². The second kappa shape index (κ2) is 6.76. The van der Waals surface area contributed by atoms with Crippen LogP contribution in [0.3, 0.4) is 0 Å². The van der Waals surface area contributed by atoms with E-state index >= 15 is 0 Å². The molecule has 0 radical (unpaired) electrons. The summed E-state index contributed by atoms with van der Waals surface area (Å²) in [5, 5.41) is 0. The fourth-order valence-electron chi connectivity index (χ4n) is 1.34. The highest BCUT2D eigenvalue weighted by Crippen LogP contribution is 2.07. The first-order valence-corrected chi connectivity index (χ1v) is 5.05. The molecule has 0 aromatic rings. The Morgan fingerprint density at radius 3 is 3.14 bits per heavy atom. The van der Waals surface area contributed by atoms with E-state index in [-0.39, 0.29) is 12.1 Å². The molecule has 0 aromatic heterocycles. The quantitative estimate of drug-likeness (QED) is 0.652. The van der Waals surface area contributed by atoms with Gasteiger partial charge >= 0.3 is 0 Å². The summed E-state index contributed by atoms with van der Waals surface area (Å²) < 4.78 is 10.7. The van der Waals surface area contributed by atoms with Gasteiger partial charge in [-0.25, -0.2) is 0 Å². The minimum absolute atomic E-state index is 0.0657. The van der Waals surface area contributed by atoms with Crippen molar-refractivity contribution in [3.63, 3.8) is 0 Å². The highest BCUT2D eigenvalue weighted by Gasteiger charge is 2.14. The average molecular weight is 197 g/mol. The van der Waals surface area contributed by atoms with Crippen LogP contribution in [-0.4, -0.2) is 32.0 Å². The van der Waals surface area contributed by atoms with Crippen molar-refractivity contribution < 1.29 is 9.47 Å². The van der Waals surface area contributed by atoms with Crippen LogP contribution in [-0.2, 0) is 9.47 Å². The summed E-state index contributed by atoms with van der Waals surface area (Å²) >= 11 is 0. The second-order valence-corrected chi connectivity index (χ2v) is 3.44. The normalized spacial score (nSPS) is 24.2. The third-order valence-corrected chi connectivity index (χ3v) is 2.14. The lowest BCUT2D eigenvalue weighted by molar-refractivity contribution is 0.0601. The summed E-state index contributed by atoms with van der Waals surface area (Å²) in [6.45, 7) is 5.81. The largest absolute Gasteiger partial charge is 0.379 e. The zero-order valence-corrected chi connectivity index (χ0v) is 8.52. The van der Waals surface area contributed by atoms with Crippen molar-refractivity contribution in [3.8, 4) is 0 Å². The van der Waals surface area contributed by atoms with Crippen LogP contribution in [0, 0.1) is 0 Å². The predicted molar refractivity (Wildman–Crippen MR) is 57.1 cm³/mol. The van der Waals surface area contributed by atoms with Gasteiger partial charge in [-0.05, 0) is 12.8 Å². The maximum atomic E-state index is 5.74. The predicted octanol–water partition coefficient (Wildman–Crippen LogP) is 1.25. The molecule has 0 amide bonds. The second-order valence-electron chi connectivity index (χ2n) is 3.44. The van der Waals surface area contributed by atoms with E-state index in [1.165, 1.54) is 0 Å². The lowest BCUT2D eigenvalue weighted by atomic mass is 10.2. The molecule has 1 aliphatic rings. The highest BCUT2D eigenvalue weighted by molar-refractivity contribution is 4.94. The molecule has 2 N–H and O–H groups in total. The van der Waals surface area contributed by atoms with Gasteiger partial charge in [-0.3, -0.25) is 0 Å². The van der Waals surface area contributed by atoms with Crippen LogP contribution < -0.4 is 5.73 Å². The first-order valence-electron chi connectivity index (χ1n) is 5.05. The molecule has 0 aliphatic carbocycles. The molecule has 2 atom stereocenters. The number of hydrogen-bond donors (Lipinski definition) is 1. The van der Waals surface area contributed by atoms with Crippen LogP contribution in [0.4, 0.5) is 0 Å². The van der Waals surface area contributed by atoms with E-state index in [9.17, 15) is 0 Å². The van der Waals surface area contributed by atoms with E-state index in [1.54, 1.807) is 0 Å². The summed E-state index contributed by atoms with van der Waals surface area (Å²) in [4.78, 5) is 0. The average Bonchev–Trinajstić information content (AvgIpc) is 2.65. The maximum absolute atomic E-state index is 5.74. The zero-order chi connectivity index (χ0) is 10.2. The summed E-state index contributed by atoms with van der Waals surface area (Å²) in [7, 11) is 0. The van der Waals surface area contributed by atoms with E-state index in [0.29, 0.717) is 6.61 Å². The third-order valence-electron chi connectivity index (χ3n) is 2.14. The van der Waals surface area contributed by atoms with Gasteiger partial charge in [0, 0.05) is 12.6 Å². The van der Waals surface area contributed by atoms with Crippen LogP contribution in [0.25, 0.3) is 0 Å². The van der Waals surface area contributed by atoms with Crippen LogP contribution in [0.2, 0.25) is 0 Å². The van der Waals surface area contributed by atoms with Crippen LogP contribution in [0.1, 0.15) is 12.8 Å². The topological polar surface area (TPSA) is 44.5 Å². The Balaban J connectivity index is 2.04. The van der Waals surface area contributed by atoms with Crippen LogP contribution in [0.5, 0.6) is 0 Å². The molecule has 3 heteroatoms. The first-order chi connectivity index (χ1) is 6.83. The zero-order valence-electron chi connectivity index (χ0n) is 8.52. The van der Waals surface area contributed by atoms with Gasteiger partial charge in [-0.1, -0.05) is 18.2 Å². The molecule has 0 aromatic carbocycles. The van der Waals surface area contributed by atoms with Crippen molar-refractivity contribution >= 4 is 0 Å². The van der Waals surface area contributed by atoms with Gasteiger partial charge in [0.05, 0.1) is 19.3 Å². The van der Waals surface area contributed by atoms with Gasteiger partial charge in [-0.15, -0.1) is 6.58 Å². The van der Waals surface area contributed by atoms with E-state index < -0.39 is 0 Å². The summed E-state index contributed by atoms with van der Waals surface area (Å²) in [6, 6.07) is 0.0657. The molecule has 80 valence electrons. The van der Waals surface area contributed by atoms with Gasteiger partial charge in [0.1, 0.15) is 0 Å². The lowest BCUT2D eigenvalue weighted by Crippen LogP contribution is -2.16. The summed E-state index contributed by atoms with van der Waals surface area (Å²) in [5.41, 5.74) is 5.74. The Labute approximate surface area is 85.6 Å². The van der Waals surface area contributed by atoms with Crippen molar-refractivity contribution in [1.29, 1.82) is 0 Å². The molecule has 3 nitrogen and oxygen atoms in total. The molecule has 0 bridgehead atoms. The number of nitrogens with two attached hydrogens (primary N) is 1. The Morgan fingerprint density at radius 1 is 1.64 bits per heavy atom. The lowest BCUT2D eigenvalue weighted by Gasteiger charge is -2.07. The Morgan fingerprint density at radius 2 is 2.50 bits per heavy atom. The Hall–Kier alpha value is -0.640. The molecule has 1 saturated heterocycles. The fraction of sp³-hybridized carbons (Fsp3) is 0.636. The van der Waals surface area contributed by atoms with Crippen molar-refractivity contribution in [3.05, 3.63) is 24.8 Å². The summed E-state index contributed by atoms with van der Waals surface area (Å²) in [5.74, 6) is 0. The molecular weight excluding hydrogens is 178 g/mol. The van der Waals surface area contributed by atoms with Crippen molar-refractivity contribution in [2.45, 2.75) is 25.0 Å². The minimum atomic E-state index is 0.0657. The van der Waals surface area contributed by atoms with E-state index in [4.69, 9.17) is 15.2 Å². The van der Waals surface area contributed by atoms with Crippen LogP contribution >= 0.6 is 0 Å². The van der Waals surface area contributed by atoms with Crippen LogP contribution in [0.15, 0.2) is 24.8 Å². The molecule has 14 heavy (non-hydrogen) atoms. The Bertz CT molecular complexity index is 186. The van der Waals surface area contributed by atoms with Crippen molar-refractivity contribution in [2.75, 3.05) is 19.8 Å². The summed E-state index contributed by atoms with van der Waals surface area (Å²) in [6.07, 6.45) is 7.83. The SMILES string of the molecule is C=CCC(N)/C=C\COC1CCOC1. The molecule has 1 heterocycles. The van der Waals surface area contributed by atoms with Gasteiger partial charge in [0.2, 0.25) is 0 Å².